The minimum atomic E-state index is -0.457. The van der Waals surface area contributed by atoms with Crippen LogP contribution in [0.1, 0.15) is 5.56 Å². The largest absolute Gasteiger partial charge is 0.444 e. The highest BCUT2D eigenvalue weighted by Crippen LogP contribution is 2.21. The van der Waals surface area contributed by atoms with Crippen molar-refractivity contribution in [2.45, 2.75) is 6.61 Å². The average molecular weight is 360 g/mol. The van der Waals surface area contributed by atoms with Gasteiger partial charge in [-0.05, 0) is 23.8 Å². The maximum Gasteiger partial charge on any atom is 0.416 e. The lowest BCUT2D eigenvalue weighted by molar-refractivity contribution is 0.148. The highest BCUT2D eigenvalue weighted by molar-refractivity contribution is 9.10. The fourth-order valence-corrected chi connectivity index (χ4v) is 2.39. The van der Waals surface area contributed by atoms with E-state index in [9.17, 15) is 4.79 Å². The van der Waals surface area contributed by atoms with Gasteiger partial charge in [0.1, 0.15) is 6.61 Å². The van der Waals surface area contributed by atoms with Crippen LogP contribution in [0.2, 0.25) is 0 Å². The lowest BCUT2D eigenvalue weighted by atomic mass is 10.2. The Morgan fingerprint density at radius 1 is 1.27 bits per heavy atom. The molecule has 1 amide bonds. The van der Waals surface area contributed by atoms with Crippen molar-refractivity contribution in [2.24, 2.45) is 0 Å². The molecule has 0 aliphatic heterocycles. The first-order valence-electron chi connectivity index (χ1n) is 6.73. The van der Waals surface area contributed by atoms with Crippen LogP contribution in [-0.4, -0.2) is 23.1 Å². The van der Waals surface area contributed by atoms with Crippen molar-refractivity contribution in [3.63, 3.8) is 0 Å². The second-order valence-electron chi connectivity index (χ2n) is 4.82. The number of anilines is 1. The zero-order valence-corrected chi connectivity index (χ0v) is 13.5. The second kappa shape index (κ2) is 6.19. The summed E-state index contributed by atoms with van der Waals surface area (Å²) in [6.07, 6.45) is -0.457. The molecule has 0 atom stereocenters. The van der Waals surface area contributed by atoms with Crippen LogP contribution in [0, 0.1) is 0 Å². The number of H-pyrrole nitrogens is 1. The van der Waals surface area contributed by atoms with E-state index in [0.29, 0.717) is 5.95 Å². The monoisotopic (exact) mass is 359 g/mol. The summed E-state index contributed by atoms with van der Waals surface area (Å²) in [5.74, 6) is 0.450. The maximum absolute atomic E-state index is 12.1. The molecule has 3 rings (SSSR count). The van der Waals surface area contributed by atoms with Gasteiger partial charge in [-0.2, -0.15) is 0 Å². The van der Waals surface area contributed by atoms with Crippen LogP contribution < -0.4 is 4.90 Å². The molecule has 0 unspecified atom stereocenters. The van der Waals surface area contributed by atoms with Crippen LogP contribution in [0.15, 0.2) is 53.0 Å². The van der Waals surface area contributed by atoms with Gasteiger partial charge in [-0.1, -0.05) is 46.3 Å². The predicted octanol–water partition coefficient (Wildman–Crippen LogP) is 4.10. The third-order valence-corrected chi connectivity index (χ3v) is 3.72. The van der Waals surface area contributed by atoms with Crippen molar-refractivity contribution in [3.05, 3.63) is 58.6 Å². The number of ether oxygens (including phenoxy) is 1. The lowest BCUT2D eigenvalue weighted by Crippen LogP contribution is -2.27. The standard InChI is InChI=1S/C16H14BrN3O2/c1-20(16(21)22-10-11-5-3-2-4-6-11)15-18-13-8-7-12(17)9-14(13)19-15/h2-9H,10H2,1H3,(H,18,19). The number of aromatic amines is 1. The molecule has 0 saturated heterocycles. The summed E-state index contributed by atoms with van der Waals surface area (Å²) >= 11 is 3.41. The van der Waals surface area contributed by atoms with Crippen LogP contribution in [0.25, 0.3) is 11.0 Å². The average Bonchev–Trinajstić information content (AvgIpc) is 2.95. The number of carbonyl (C=O) groups excluding carboxylic acids is 1. The Bertz CT molecular complexity index is 802. The van der Waals surface area contributed by atoms with Gasteiger partial charge in [0, 0.05) is 11.5 Å². The SMILES string of the molecule is CN(C(=O)OCc1ccccc1)c1nc2ccc(Br)cc2[nH]1. The van der Waals surface area contributed by atoms with E-state index in [0.717, 1.165) is 21.1 Å². The summed E-state index contributed by atoms with van der Waals surface area (Å²) in [4.78, 5) is 20.9. The van der Waals surface area contributed by atoms with E-state index in [1.165, 1.54) is 4.90 Å². The van der Waals surface area contributed by atoms with E-state index < -0.39 is 6.09 Å². The number of imidazole rings is 1. The topological polar surface area (TPSA) is 58.2 Å². The highest BCUT2D eigenvalue weighted by Gasteiger charge is 2.16. The van der Waals surface area contributed by atoms with E-state index in [2.05, 4.69) is 25.9 Å². The lowest BCUT2D eigenvalue weighted by Gasteiger charge is -2.13. The minimum absolute atomic E-state index is 0.232. The Kier molecular flexibility index (Phi) is 4.11. The van der Waals surface area contributed by atoms with Crippen molar-refractivity contribution in [1.29, 1.82) is 0 Å². The molecule has 22 heavy (non-hydrogen) atoms. The summed E-state index contributed by atoms with van der Waals surface area (Å²) in [7, 11) is 1.63. The maximum atomic E-state index is 12.1. The Hall–Kier alpha value is -2.34. The van der Waals surface area contributed by atoms with E-state index in [1.54, 1.807) is 7.05 Å². The summed E-state index contributed by atoms with van der Waals surface area (Å²) in [6, 6.07) is 15.2. The number of nitrogens with zero attached hydrogens (tertiary/aromatic N) is 2. The number of fused-ring (bicyclic) bond motifs is 1. The van der Waals surface area contributed by atoms with Crippen LogP contribution in [-0.2, 0) is 11.3 Å². The van der Waals surface area contributed by atoms with Crippen molar-refractivity contribution in [3.8, 4) is 0 Å². The van der Waals surface area contributed by atoms with E-state index >= 15 is 0 Å². The molecule has 0 aliphatic rings. The second-order valence-corrected chi connectivity index (χ2v) is 5.74. The van der Waals surface area contributed by atoms with Gasteiger partial charge in [0.2, 0.25) is 5.95 Å². The highest BCUT2D eigenvalue weighted by atomic mass is 79.9. The summed E-state index contributed by atoms with van der Waals surface area (Å²) in [6.45, 7) is 0.232. The van der Waals surface area contributed by atoms with Gasteiger partial charge in [-0.3, -0.25) is 4.90 Å². The molecule has 1 aromatic heterocycles. The molecule has 1 heterocycles. The third kappa shape index (κ3) is 3.12. The molecule has 112 valence electrons. The van der Waals surface area contributed by atoms with E-state index in [-0.39, 0.29) is 6.61 Å². The minimum Gasteiger partial charge on any atom is -0.444 e. The van der Waals surface area contributed by atoms with Crippen molar-refractivity contribution >= 4 is 39.0 Å². The summed E-state index contributed by atoms with van der Waals surface area (Å²) in [5, 5.41) is 0. The number of rotatable bonds is 3. The molecule has 0 bridgehead atoms. The summed E-state index contributed by atoms with van der Waals surface area (Å²) in [5.41, 5.74) is 2.59. The number of carbonyl (C=O) groups is 1. The van der Waals surface area contributed by atoms with Crippen LogP contribution >= 0.6 is 15.9 Å². The Balaban J connectivity index is 1.71. The number of amides is 1. The Morgan fingerprint density at radius 3 is 2.82 bits per heavy atom. The molecule has 0 aliphatic carbocycles. The van der Waals surface area contributed by atoms with Crippen LogP contribution in [0.5, 0.6) is 0 Å². The number of hydrogen-bond acceptors (Lipinski definition) is 3. The molecule has 0 fully saturated rings. The fourth-order valence-electron chi connectivity index (χ4n) is 2.03. The van der Waals surface area contributed by atoms with Gasteiger partial charge in [0.15, 0.2) is 0 Å². The molecule has 5 nitrogen and oxygen atoms in total. The first-order chi connectivity index (χ1) is 10.6. The third-order valence-electron chi connectivity index (χ3n) is 3.23. The number of halogens is 1. The van der Waals surface area contributed by atoms with Gasteiger partial charge in [0.05, 0.1) is 11.0 Å². The van der Waals surface area contributed by atoms with Gasteiger partial charge in [-0.15, -0.1) is 0 Å². The van der Waals surface area contributed by atoms with Gasteiger partial charge < -0.3 is 9.72 Å². The van der Waals surface area contributed by atoms with Gasteiger partial charge in [-0.25, -0.2) is 9.78 Å². The molecular weight excluding hydrogens is 346 g/mol. The Labute approximate surface area is 136 Å². The number of hydrogen-bond donors (Lipinski definition) is 1. The smallest absolute Gasteiger partial charge is 0.416 e. The Morgan fingerprint density at radius 2 is 2.05 bits per heavy atom. The van der Waals surface area contributed by atoms with Gasteiger partial charge >= 0.3 is 6.09 Å². The molecule has 3 aromatic rings. The van der Waals surface area contributed by atoms with Crippen LogP contribution in [0.3, 0.4) is 0 Å². The van der Waals surface area contributed by atoms with E-state index in [1.807, 2.05) is 48.5 Å². The quantitative estimate of drug-likeness (QED) is 0.765. The van der Waals surface area contributed by atoms with Crippen molar-refractivity contribution < 1.29 is 9.53 Å². The summed E-state index contributed by atoms with van der Waals surface area (Å²) < 4.78 is 6.23. The number of nitrogens with one attached hydrogen (secondary N) is 1. The fraction of sp³-hybridized carbons (Fsp3) is 0.125. The predicted molar refractivity (Wildman–Crippen MR) is 88.8 cm³/mol. The normalized spacial score (nSPS) is 10.6. The van der Waals surface area contributed by atoms with Crippen molar-refractivity contribution in [1.82, 2.24) is 9.97 Å². The first kappa shape index (κ1) is 14.6. The molecule has 0 spiro atoms. The van der Waals surface area contributed by atoms with E-state index in [4.69, 9.17) is 4.74 Å². The van der Waals surface area contributed by atoms with Gasteiger partial charge in [0.25, 0.3) is 0 Å². The molecule has 6 heteroatoms. The molecule has 0 radical (unpaired) electrons. The first-order valence-corrected chi connectivity index (χ1v) is 7.52. The van der Waals surface area contributed by atoms with Crippen LogP contribution in [0.4, 0.5) is 10.7 Å². The molecule has 1 N–H and O–H groups in total. The number of aromatic nitrogens is 2. The van der Waals surface area contributed by atoms with Crippen molar-refractivity contribution in [2.75, 3.05) is 11.9 Å². The zero-order chi connectivity index (χ0) is 15.5. The molecular formula is C16H14BrN3O2. The molecule has 2 aromatic carbocycles. The number of benzene rings is 2. The zero-order valence-electron chi connectivity index (χ0n) is 11.9. The molecule has 0 saturated carbocycles.